The van der Waals surface area contributed by atoms with E-state index in [-0.39, 0.29) is 12.6 Å². The Labute approximate surface area is 117 Å². The molecule has 20 heavy (non-hydrogen) atoms. The molecule has 1 atom stereocenters. The highest BCUT2D eigenvalue weighted by molar-refractivity contribution is 5.97. The molecule has 1 heterocycles. The molecule has 106 valence electrons. The summed E-state index contributed by atoms with van der Waals surface area (Å²) in [5.41, 5.74) is 1.46. The molecule has 1 aliphatic carbocycles. The Kier molecular flexibility index (Phi) is 3.12. The quantitative estimate of drug-likeness (QED) is 0.918. The maximum absolute atomic E-state index is 12.5. The molecule has 5 nitrogen and oxygen atoms in total. The van der Waals surface area contributed by atoms with Gasteiger partial charge in [-0.2, -0.15) is 0 Å². The summed E-state index contributed by atoms with van der Waals surface area (Å²) in [6, 6.07) is 7.16. The second-order valence-electron chi connectivity index (χ2n) is 5.67. The Balaban J connectivity index is 1.83. The number of nitrogens with zero attached hydrogens (tertiary/aromatic N) is 2. The van der Waals surface area contributed by atoms with Crippen molar-refractivity contribution >= 4 is 17.7 Å². The van der Waals surface area contributed by atoms with E-state index in [1.54, 1.807) is 22.9 Å². The van der Waals surface area contributed by atoms with Crippen molar-refractivity contribution in [2.24, 2.45) is 5.92 Å². The van der Waals surface area contributed by atoms with Crippen LogP contribution in [0.4, 0.5) is 10.5 Å². The zero-order chi connectivity index (χ0) is 14.3. The van der Waals surface area contributed by atoms with Gasteiger partial charge in [-0.05, 0) is 30.4 Å². The number of urea groups is 1. The molecule has 1 aromatic rings. The second kappa shape index (κ2) is 4.81. The van der Waals surface area contributed by atoms with Crippen LogP contribution in [-0.4, -0.2) is 42.1 Å². The van der Waals surface area contributed by atoms with Gasteiger partial charge in [0.15, 0.2) is 0 Å². The number of carboxylic acid groups (broad SMARTS) is 1. The number of hydrogen-bond donors (Lipinski definition) is 1. The SMILES string of the molecule is CN(CC1CC1)C(=O)N1CC(C(=O)O)c2ccccc21. The smallest absolute Gasteiger partial charge is 0.324 e. The number of rotatable bonds is 3. The number of carbonyl (C=O) groups excluding carboxylic acids is 1. The van der Waals surface area contributed by atoms with Crippen LogP contribution in [0.15, 0.2) is 24.3 Å². The number of hydrogen-bond acceptors (Lipinski definition) is 2. The van der Waals surface area contributed by atoms with Crippen LogP contribution in [0.1, 0.15) is 24.3 Å². The number of fused-ring (bicyclic) bond motifs is 1. The van der Waals surface area contributed by atoms with E-state index in [1.165, 1.54) is 12.8 Å². The number of carbonyl (C=O) groups is 2. The molecule has 1 aliphatic heterocycles. The van der Waals surface area contributed by atoms with Gasteiger partial charge in [-0.15, -0.1) is 0 Å². The average molecular weight is 274 g/mol. The van der Waals surface area contributed by atoms with Crippen molar-refractivity contribution in [2.75, 3.05) is 25.0 Å². The minimum atomic E-state index is -0.877. The van der Waals surface area contributed by atoms with Crippen LogP contribution in [-0.2, 0) is 4.79 Å². The third-order valence-corrected chi connectivity index (χ3v) is 4.05. The van der Waals surface area contributed by atoms with E-state index in [4.69, 9.17) is 0 Å². The second-order valence-corrected chi connectivity index (χ2v) is 5.67. The van der Waals surface area contributed by atoms with Crippen LogP contribution in [0.5, 0.6) is 0 Å². The predicted octanol–water partition coefficient (Wildman–Crippen LogP) is 2.14. The number of carboxylic acids is 1. The summed E-state index contributed by atoms with van der Waals surface area (Å²) in [4.78, 5) is 27.1. The van der Waals surface area contributed by atoms with Crippen molar-refractivity contribution in [1.29, 1.82) is 0 Å². The molecular formula is C15H18N2O3. The molecule has 2 aliphatic rings. The molecule has 1 N–H and O–H groups in total. The molecule has 3 rings (SSSR count). The third kappa shape index (κ3) is 2.24. The molecule has 0 radical (unpaired) electrons. The van der Waals surface area contributed by atoms with Crippen LogP contribution in [0.25, 0.3) is 0 Å². The van der Waals surface area contributed by atoms with Crippen molar-refractivity contribution in [3.63, 3.8) is 0 Å². The third-order valence-electron chi connectivity index (χ3n) is 4.05. The van der Waals surface area contributed by atoms with E-state index in [0.717, 1.165) is 17.8 Å². The van der Waals surface area contributed by atoms with Gasteiger partial charge < -0.3 is 10.0 Å². The normalized spacial score (nSPS) is 20.6. The lowest BCUT2D eigenvalue weighted by molar-refractivity contribution is -0.138. The molecule has 0 aromatic heterocycles. The minimum absolute atomic E-state index is 0.104. The van der Waals surface area contributed by atoms with E-state index >= 15 is 0 Å². The fraction of sp³-hybridized carbons (Fsp3) is 0.467. The standard InChI is InChI=1S/C15H18N2O3/c1-16(8-10-6-7-10)15(20)17-9-12(14(18)19)11-4-2-3-5-13(11)17/h2-5,10,12H,6-9H2,1H3,(H,18,19). The first kappa shape index (κ1) is 13.0. The first-order chi connectivity index (χ1) is 9.58. The maximum atomic E-state index is 12.5. The molecule has 5 heteroatoms. The fourth-order valence-corrected chi connectivity index (χ4v) is 2.77. The van der Waals surface area contributed by atoms with Crippen molar-refractivity contribution in [3.05, 3.63) is 29.8 Å². The van der Waals surface area contributed by atoms with Crippen LogP contribution < -0.4 is 4.90 Å². The summed E-state index contributed by atoms with van der Waals surface area (Å²) in [7, 11) is 1.79. The van der Waals surface area contributed by atoms with Crippen LogP contribution >= 0.6 is 0 Å². The Bertz CT molecular complexity index is 554. The Morgan fingerprint density at radius 3 is 2.70 bits per heavy atom. The Morgan fingerprint density at radius 2 is 2.05 bits per heavy atom. The average Bonchev–Trinajstić information content (AvgIpc) is 3.15. The summed E-state index contributed by atoms with van der Waals surface area (Å²) >= 11 is 0. The molecule has 1 saturated carbocycles. The van der Waals surface area contributed by atoms with Gasteiger partial charge in [-0.1, -0.05) is 18.2 Å². The topological polar surface area (TPSA) is 60.9 Å². The maximum Gasteiger partial charge on any atom is 0.324 e. The van der Waals surface area contributed by atoms with Gasteiger partial charge in [0.1, 0.15) is 5.92 Å². The molecule has 0 spiro atoms. The molecule has 1 unspecified atom stereocenters. The summed E-state index contributed by atoms with van der Waals surface area (Å²) < 4.78 is 0. The molecule has 1 aromatic carbocycles. The number of anilines is 1. The van der Waals surface area contributed by atoms with Gasteiger partial charge in [0.05, 0.1) is 0 Å². The highest BCUT2D eigenvalue weighted by Gasteiger charge is 2.38. The highest BCUT2D eigenvalue weighted by Crippen LogP contribution is 2.37. The van der Waals surface area contributed by atoms with Crippen molar-refractivity contribution in [1.82, 2.24) is 4.90 Å². The van der Waals surface area contributed by atoms with Crippen molar-refractivity contribution < 1.29 is 14.7 Å². The molecule has 0 saturated heterocycles. The minimum Gasteiger partial charge on any atom is -0.481 e. The zero-order valence-corrected chi connectivity index (χ0v) is 11.5. The lowest BCUT2D eigenvalue weighted by atomic mass is 10.0. The summed E-state index contributed by atoms with van der Waals surface area (Å²) in [5, 5.41) is 9.30. The molecular weight excluding hydrogens is 256 g/mol. The zero-order valence-electron chi connectivity index (χ0n) is 11.5. The highest BCUT2D eigenvalue weighted by atomic mass is 16.4. The number of aliphatic carboxylic acids is 1. The van der Waals surface area contributed by atoms with E-state index in [1.807, 2.05) is 18.2 Å². The molecule has 0 bridgehead atoms. The summed E-state index contributed by atoms with van der Waals surface area (Å²) in [5.74, 6) is -0.876. The lowest BCUT2D eigenvalue weighted by Crippen LogP contribution is -2.42. The van der Waals surface area contributed by atoms with Gasteiger partial charge in [0.25, 0.3) is 0 Å². The fourth-order valence-electron chi connectivity index (χ4n) is 2.77. The van der Waals surface area contributed by atoms with Gasteiger partial charge in [0, 0.05) is 25.8 Å². The predicted molar refractivity (Wildman–Crippen MR) is 74.9 cm³/mol. The number of para-hydroxylation sites is 1. The van der Waals surface area contributed by atoms with E-state index in [0.29, 0.717) is 5.92 Å². The van der Waals surface area contributed by atoms with Crippen LogP contribution in [0, 0.1) is 5.92 Å². The Hall–Kier alpha value is -2.04. The monoisotopic (exact) mass is 274 g/mol. The molecule has 2 amide bonds. The van der Waals surface area contributed by atoms with Gasteiger partial charge >= 0.3 is 12.0 Å². The largest absolute Gasteiger partial charge is 0.481 e. The first-order valence-electron chi connectivity index (χ1n) is 6.92. The summed E-state index contributed by atoms with van der Waals surface area (Å²) in [6.07, 6.45) is 2.37. The Morgan fingerprint density at radius 1 is 1.35 bits per heavy atom. The van der Waals surface area contributed by atoms with Gasteiger partial charge in [0.2, 0.25) is 0 Å². The van der Waals surface area contributed by atoms with Gasteiger partial charge in [-0.25, -0.2) is 4.79 Å². The lowest BCUT2D eigenvalue weighted by Gasteiger charge is -2.25. The van der Waals surface area contributed by atoms with Crippen LogP contribution in [0.2, 0.25) is 0 Å². The van der Waals surface area contributed by atoms with E-state index < -0.39 is 11.9 Å². The van der Waals surface area contributed by atoms with E-state index in [9.17, 15) is 14.7 Å². The summed E-state index contributed by atoms with van der Waals surface area (Å²) in [6.45, 7) is 0.984. The van der Waals surface area contributed by atoms with Crippen LogP contribution in [0.3, 0.4) is 0 Å². The molecule has 1 fully saturated rings. The number of benzene rings is 1. The van der Waals surface area contributed by atoms with E-state index in [2.05, 4.69) is 0 Å². The van der Waals surface area contributed by atoms with Gasteiger partial charge in [-0.3, -0.25) is 9.69 Å². The van der Waals surface area contributed by atoms with Crippen molar-refractivity contribution in [3.8, 4) is 0 Å². The number of amides is 2. The van der Waals surface area contributed by atoms with Crippen molar-refractivity contribution in [2.45, 2.75) is 18.8 Å². The first-order valence-corrected chi connectivity index (χ1v) is 6.92.